The zero-order chi connectivity index (χ0) is 17.9. The van der Waals surface area contributed by atoms with Gasteiger partial charge in [0.15, 0.2) is 5.69 Å². The van der Waals surface area contributed by atoms with Gasteiger partial charge in [0.25, 0.3) is 17.6 Å². The third-order valence-corrected chi connectivity index (χ3v) is 5.50. The lowest BCUT2D eigenvalue weighted by Crippen LogP contribution is -2.64. The summed E-state index contributed by atoms with van der Waals surface area (Å²) in [5, 5.41) is 1.34. The predicted octanol–water partition coefficient (Wildman–Crippen LogP) is 3.45. The Kier molecular flexibility index (Phi) is 4.87. The van der Waals surface area contributed by atoms with Crippen molar-refractivity contribution in [2.24, 2.45) is 0 Å². The molecule has 0 saturated heterocycles. The molecule has 0 spiro atoms. The Hall–Kier alpha value is -2.43. The first kappa shape index (κ1) is 17.0. The van der Waals surface area contributed by atoms with E-state index in [1.807, 2.05) is 23.0 Å². The summed E-state index contributed by atoms with van der Waals surface area (Å²) in [5.74, 6) is 0.512. The molecule has 0 saturated carbocycles. The molecule has 0 aliphatic carbocycles. The lowest BCUT2D eigenvalue weighted by molar-refractivity contribution is -0.685. The number of fused-ring (bicyclic) bond motifs is 3. The van der Waals surface area contributed by atoms with Crippen molar-refractivity contribution in [2.75, 3.05) is 5.01 Å². The van der Waals surface area contributed by atoms with Crippen LogP contribution < -0.4 is 9.69 Å². The summed E-state index contributed by atoms with van der Waals surface area (Å²) in [6.45, 7) is 0. The molecule has 1 aromatic carbocycles. The highest BCUT2D eigenvalue weighted by atomic mass is 16.2. The Labute approximate surface area is 154 Å². The molecule has 1 aromatic heterocycles. The van der Waals surface area contributed by atoms with E-state index in [0.717, 1.165) is 37.2 Å². The van der Waals surface area contributed by atoms with Crippen LogP contribution in [0, 0.1) is 0 Å². The fraction of sp³-hybridized carbons (Fsp3) is 0.476. The maximum absolute atomic E-state index is 13.0. The summed E-state index contributed by atoms with van der Waals surface area (Å²) in [5.41, 5.74) is 2.02. The van der Waals surface area contributed by atoms with Crippen LogP contribution in [0.25, 0.3) is 0 Å². The zero-order valence-corrected chi connectivity index (χ0v) is 15.2. The predicted molar refractivity (Wildman–Crippen MR) is 98.7 cm³/mol. The normalized spacial score (nSPS) is 18.8. The first-order valence-corrected chi connectivity index (χ1v) is 9.86. The number of hydrogen-bond acceptors (Lipinski definition) is 2. The number of carbonyl (C=O) groups excluding carboxylic acids is 2. The van der Waals surface area contributed by atoms with Crippen LogP contribution in [0.2, 0.25) is 0 Å². The standard InChI is InChI=1S/C21H25N3O2/c25-20-17-12-9-10-13-18(17)21(26)24(20)23-16-11-7-5-3-1-2-4-6-8-14-19(23)22-15-16/h9-10,12-13,15H,1-8,11,14H2/p+1. The summed E-state index contributed by atoms with van der Waals surface area (Å²) in [6.07, 6.45) is 13.4. The van der Waals surface area contributed by atoms with Crippen molar-refractivity contribution in [3.05, 3.63) is 53.1 Å². The minimum absolute atomic E-state index is 0.220. The van der Waals surface area contributed by atoms with Gasteiger partial charge in [0.1, 0.15) is 6.20 Å². The number of H-pyrrole nitrogens is 1. The molecular weight excluding hydrogens is 326 g/mol. The minimum atomic E-state index is -0.220. The Bertz CT molecular complexity index is 760. The molecule has 2 aromatic rings. The molecule has 3 heterocycles. The molecule has 2 amide bonds. The number of aryl methyl sites for hydroxylation is 2. The molecule has 26 heavy (non-hydrogen) atoms. The molecule has 0 unspecified atom stereocenters. The topological polar surface area (TPSA) is 57.1 Å². The van der Waals surface area contributed by atoms with E-state index in [1.54, 1.807) is 12.1 Å². The summed E-state index contributed by atoms with van der Waals surface area (Å²) in [7, 11) is 0. The highest BCUT2D eigenvalue weighted by Crippen LogP contribution is 2.21. The van der Waals surface area contributed by atoms with Crippen LogP contribution in [0.3, 0.4) is 0 Å². The van der Waals surface area contributed by atoms with Crippen molar-refractivity contribution >= 4 is 11.8 Å². The van der Waals surface area contributed by atoms with Gasteiger partial charge < -0.3 is 0 Å². The Balaban J connectivity index is 1.69. The number of imidazole rings is 1. The number of amides is 2. The van der Waals surface area contributed by atoms with Crippen molar-refractivity contribution in [1.82, 2.24) is 4.98 Å². The van der Waals surface area contributed by atoms with E-state index in [4.69, 9.17) is 0 Å². The number of nitrogens with zero attached hydrogens (tertiary/aromatic N) is 2. The molecule has 136 valence electrons. The quantitative estimate of drug-likeness (QED) is 0.631. The van der Waals surface area contributed by atoms with E-state index >= 15 is 0 Å². The second-order valence-electron chi connectivity index (χ2n) is 7.33. The first-order chi connectivity index (χ1) is 12.8. The number of hydrogen-bond donors (Lipinski definition) is 1. The number of nitrogens with one attached hydrogen (secondary N) is 1. The van der Waals surface area contributed by atoms with Gasteiger partial charge in [0.05, 0.1) is 17.5 Å². The third kappa shape index (κ3) is 3.06. The van der Waals surface area contributed by atoms with Gasteiger partial charge >= 0.3 is 0 Å². The van der Waals surface area contributed by atoms with Gasteiger partial charge in [0, 0.05) is 6.42 Å². The van der Waals surface area contributed by atoms with Crippen LogP contribution in [-0.2, 0) is 12.8 Å². The Morgan fingerprint density at radius 1 is 0.769 bits per heavy atom. The molecule has 0 radical (unpaired) electrons. The van der Waals surface area contributed by atoms with Crippen LogP contribution in [0.5, 0.6) is 0 Å². The van der Waals surface area contributed by atoms with E-state index in [2.05, 4.69) is 4.98 Å². The van der Waals surface area contributed by atoms with Gasteiger partial charge in [-0.3, -0.25) is 9.59 Å². The van der Waals surface area contributed by atoms with E-state index < -0.39 is 0 Å². The monoisotopic (exact) mass is 352 g/mol. The fourth-order valence-electron chi connectivity index (χ4n) is 4.08. The van der Waals surface area contributed by atoms with Gasteiger partial charge in [-0.25, -0.2) is 4.98 Å². The highest BCUT2D eigenvalue weighted by molar-refractivity contribution is 6.29. The number of benzene rings is 1. The summed E-state index contributed by atoms with van der Waals surface area (Å²) in [6, 6.07) is 7.11. The number of imide groups is 1. The molecule has 5 heteroatoms. The SMILES string of the molecule is O=C1c2ccccc2C(=O)N1[n+]1c2c[nH]c1CCCCCCCCCC2. The minimum Gasteiger partial charge on any atom is -0.265 e. The molecule has 4 rings (SSSR count). The summed E-state index contributed by atoms with van der Waals surface area (Å²) in [4.78, 5) is 29.2. The van der Waals surface area contributed by atoms with E-state index in [-0.39, 0.29) is 11.8 Å². The molecule has 0 atom stereocenters. The van der Waals surface area contributed by atoms with Crippen LogP contribution in [0.15, 0.2) is 30.5 Å². The second kappa shape index (κ2) is 7.44. The molecule has 2 aliphatic heterocycles. The van der Waals surface area contributed by atoms with Crippen molar-refractivity contribution in [1.29, 1.82) is 0 Å². The largest absolute Gasteiger partial charge is 0.298 e. The first-order valence-electron chi connectivity index (χ1n) is 9.86. The van der Waals surface area contributed by atoms with Crippen molar-refractivity contribution < 1.29 is 14.3 Å². The van der Waals surface area contributed by atoms with E-state index in [1.165, 1.54) is 43.5 Å². The summed E-state index contributed by atoms with van der Waals surface area (Å²) >= 11 is 0. The molecular formula is C21H26N3O2+. The van der Waals surface area contributed by atoms with Crippen LogP contribution in [-0.4, -0.2) is 16.8 Å². The van der Waals surface area contributed by atoms with Crippen molar-refractivity contribution in [2.45, 2.75) is 64.2 Å². The Morgan fingerprint density at radius 3 is 1.92 bits per heavy atom. The number of aromatic nitrogens is 2. The maximum Gasteiger partial charge on any atom is 0.298 e. The second-order valence-corrected chi connectivity index (χ2v) is 7.33. The maximum atomic E-state index is 13.0. The van der Waals surface area contributed by atoms with E-state index in [0.29, 0.717) is 11.1 Å². The van der Waals surface area contributed by atoms with Crippen molar-refractivity contribution in [3.8, 4) is 0 Å². The van der Waals surface area contributed by atoms with Crippen molar-refractivity contribution in [3.63, 3.8) is 0 Å². The van der Waals surface area contributed by atoms with Crippen LogP contribution in [0.1, 0.15) is 83.6 Å². The van der Waals surface area contributed by atoms with Gasteiger partial charge in [-0.2, -0.15) is 0 Å². The number of rotatable bonds is 1. The average Bonchev–Trinajstić information content (AvgIpc) is 3.16. The van der Waals surface area contributed by atoms with Gasteiger partial charge in [-0.05, 0) is 25.0 Å². The van der Waals surface area contributed by atoms with Gasteiger partial charge in [-0.15, -0.1) is 4.68 Å². The van der Waals surface area contributed by atoms with E-state index in [9.17, 15) is 9.59 Å². The molecule has 1 N–H and O–H groups in total. The molecule has 5 nitrogen and oxygen atoms in total. The fourth-order valence-corrected chi connectivity index (χ4v) is 4.08. The van der Waals surface area contributed by atoms with Crippen LogP contribution in [0.4, 0.5) is 0 Å². The highest BCUT2D eigenvalue weighted by Gasteiger charge is 2.42. The zero-order valence-electron chi connectivity index (χ0n) is 15.2. The summed E-state index contributed by atoms with van der Waals surface area (Å²) < 4.78 is 1.86. The van der Waals surface area contributed by atoms with Gasteiger partial charge in [0.2, 0.25) is 0 Å². The van der Waals surface area contributed by atoms with Gasteiger partial charge in [-0.1, -0.05) is 55.7 Å². The number of aromatic amines is 1. The number of carbonyl (C=O) groups is 2. The Morgan fingerprint density at radius 2 is 1.31 bits per heavy atom. The molecule has 0 fully saturated rings. The average molecular weight is 352 g/mol. The molecule has 2 bridgehead atoms. The lowest BCUT2D eigenvalue weighted by Gasteiger charge is -2.13. The van der Waals surface area contributed by atoms with Crippen LogP contribution >= 0.6 is 0 Å². The lowest BCUT2D eigenvalue weighted by atomic mass is 10.1. The molecule has 2 aliphatic rings. The smallest absolute Gasteiger partial charge is 0.265 e. The third-order valence-electron chi connectivity index (χ3n) is 5.50.